The zero-order chi connectivity index (χ0) is 17.1. The summed E-state index contributed by atoms with van der Waals surface area (Å²) >= 11 is 1.50. The van der Waals surface area contributed by atoms with E-state index in [4.69, 9.17) is 0 Å². The van der Waals surface area contributed by atoms with Gasteiger partial charge in [0.1, 0.15) is 10.7 Å². The lowest BCUT2D eigenvalue weighted by atomic mass is 10.2. The van der Waals surface area contributed by atoms with E-state index in [0.717, 1.165) is 36.8 Å². The molecule has 0 unspecified atom stereocenters. The lowest BCUT2D eigenvalue weighted by Crippen LogP contribution is -2.48. The van der Waals surface area contributed by atoms with Crippen molar-refractivity contribution in [1.29, 1.82) is 0 Å². The molecule has 4 rings (SSSR count). The highest BCUT2D eigenvalue weighted by molar-refractivity contribution is 7.13. The molecule has 1 aliphatic heterocycles. The van der Waals surface area contributed by atoms with E-state index in [-0.39, 0.29) is 5.91 Å². The number of carbonyl (C=O) groups excluding carboxylic acids is 1. The van der Waals surface area contributed by atoms with E-state index in [1.54, 1.807) is 12.4 Å². The van der Waals surface area contributed by atoms with Crippen molar-refractivity contribution in [2.75, 3.05) is 31.1 Å². The lowest BCUT2D eigenvalue weighted by molar-refractivity contribution is 0.0742. The summed E-state index contributed by atoms with van der Waals surface area (Å²) in [5, 5.41) is 2.70. The van der Waals surface area contributed by atoms with Crippen LogP contribution in [0.25, 0.3) is 10.6 Å². The molecule has 2 aromatic heterocycles. The third kappa shape index (κ3) is 3.39. The van der Waals surface area contributed by atoms with Gasteiger partial charge in [0.25, 0.3) is 5.91 Å². The number of amides is 1. The number of piperazine rings is 1. The molecule has 0 spiro atoms. The molecule has 6 heteroatoms. The first kappa shape index (κ1) is 15.8. The summed E-state index contributed by atoms with van der Waals surface area (Å²) in [6.07, 6.45) is 3.47. The van der Waals surface area contributed by atoms with Crippen LogP contribution in [-0.2, 0) is 0 Å². The van der Waals surface area contributed by atoms with Gasteiger partial charge in [-0.2, -0.15) is 0 Å². The Morgan fingerprint density at radius 3 is 2.40 bits per heavy atom. The summed E-state index contributed by atoms with van der Waals surface area (Å²) in [5.41, 5.74) is 2.74. The summed E-state index contributed by atoms with van der Waals surface area (Å²) < 4.78 is 0. The first-order chi connectivity index (χ1) is 12.3. The molecule has 0 saturated carbocycles. The molecule has 1 aromatic carbocycles. The minimum atomic E-state index is 0.0178. The molecule has 126 valence electrons. The van der Waals surface area contributed by atoms with Crippen molar-refractivity contribution in [3.05, 3.63) is 65.9 Å². The van der Waals surface area contributed by atoms with Crippen molar-refractivity contribution < 1.29 is 4.79 Å². The van der Waals surface area contributed by atoms with Gasteiger partial charge in [-0.3, -0.25) is 9.78 Å². The van der Waals surface area contributed by atoms with Crippen LogP contribution in [0, 0.1) is 0 Å². The Morgan fingerprint density at radius 2 is 1.68 bits per heavy atom. The number of para-hydroxylation sites is 1. The Kier molecular flexibility index (Phi) is 4.43. The second kappa shape index (κ2) is 7.03. The predicted octanol–water partition coefficient (Wildman–Crippen LogP) is 3.17. The standard InChI is InChI=1S/C19H18N4OS/c24-19(17-14-25-18(21-17)15-6-8-20-9-7-15)23-12-10-22(11-13-23)16-4-2-1-3-5-16/h1-9,14H,10-13H2. The lowest BCUT2D eigenvalue weighted by Gasteiger charge is -2.35. The van der Waals surface area contributed by atoms with Crippen molar-refractivity contribution in [1.82, 2.24) is 14.9 Å². The minimum Gasteiger partial charge on any atom is -0.368 e. The molecule has 1 aliphatic rings. The molecule has 1 fully saturated rings. The number of rotatable bonds is 3. The van der Waals surface area contributed by atoms with Crippen molar-refractivity contribution in [2.45, 2.75) is 0 Å². The molecule has 0 bridgehead atoms. The maximum absolute atomic E-state index is 12.7. The molecule has 0 atom stereocenters. The van der Waals surface area contributed by atoms with Crippen LogP contribution in [0.4, 0.5) is 5.69 Å². The average molecular weight is 350 g/mol. The smallest absolute Gasteiger partial charge is 0.273 e. The van der Waals surface area contributed by atoms with Crippen LogP contribution < -0.4 is 4.90 Å². The second-order valence-electron chi connectivity index (χ2n) is 5.89. The monoisotopic (exact) mass is 350 g/mol. The van der Waals surface area contributed by atoms with E-state index >= 15 is 0 Å². The number of hydrogen-bond acceptors (Lipinski definition) is 5. The maximum atomic E-state index is 12.7. The highest BCUT2D eigenvalue weighted by Crippen LogP contribution is 2.24. The Hall–Kier alpha value is -2.73. The Morgan fingerprint density at radius 1 is 0.960 bits per heavy atom. The van der Waals surface area contributed by atoms with Gasteiger partial charge in [-0.05, 0) is 24.3 Å². The Balaban J connectivity index is 1.42. The molecule has 1 amide bonds. The molecule has 0 aliphatic carbocycles. The quantitative estimate of drug-likeness (QED) is 0.728. The van der Waals surface area contributed by atoms with Gasteiger partial charge < -0.3 is 9.80 Å². The van der Waals surface area contributed by atoms with Crippen LogP contribution in [0.3, 0.4) is 0 Å². The van der Waals surface area contributed by atoms with Gasteiger partial charge in [0.2, 0.25) is 0 Å². The zero-order valence-electron chi connectivity index (χ0n) is 13.7. The first-order valence-corrected chi connectivity index (χ1v) is 9.14. The molecule has 3 heterocycles. The summed E-state index contributed by atoms with van der Waals surface area (Å²) in [7, 11) is 0. The van der Waals surface area contributed by atoms with Gasteiger partial charge in [0.15, 0.2) is 0 Å². The fourth-order valence-electron chi connectivity index (χ4n) is 2.97. The molecule has 0 radical (unpaired) electrons. The number of hydrogen-bond donors (Lipinski definition) is 0. The molecular weight excluding hydrogens is 332 g/mol. The summed E-state index contributed by atoms with van der Waals surface area (Å²) in [5.74, 6) is 0.0178. The SMILES string of the molecule is O=C(c1csc(-c2ccncc2)n1)N1CCN(c2ccccc2)CC1. The number of benzene rings is 1. The topological polar surface area (TPSA) is 49.3 Å². The van der Waals surface area contributed by atoms with E-state index in [1.807, 2.05) is 40.6 Å². The van der Waals surface area contributed by atoms with Crippen LogP contribution in [-0.4, -0.2) is 47.0 Å². The number of nitrogens with zero attached hydrogens (tertiary/aromatic N) is 4. The first-order valence-electron chi connectivity index (χ1n) is 8.26. The van der Waals surface area contributed by atoms with Gasteiger partial charge >= 0.3 is 0 Å². The van der Waals surface area contributed by atoms with Crippen LogP contribution in [0.1, 0.15) is 10.5 Å². The average Bonchev–Trinajstić information content (AvgIpc) is 3.19. The van der Waals surface area contributed by atoms with Gasteiger partial charge in [0.05, 0.1) is 0 Å². The highest BCUT2D eigenvalue weighted by Gasteiger charge is 2.24. The number of anilines is 1. The molecule has 1 saturated heterocycles. The molecule has 3 aromatic rings. The molecule has 5 nitrogen and oxygen atoms in total. The zero-order valence-corrected chi connectivity index (χ0v) is 14.5. The van der Waals surface area contributed by atoms with Crippen LogP contribution in [0.5, 0.6) is 0 Å². The van der Waals surface area contributed by atoms with Crippen LogP contribution in [0.15, 0.2) is 60.2 Å². The van der Waals surface area contributed by atoms with Crippen molar-refractivity contribution >= 4 is 22.9 Å². The van der Waals surface area contributed by atoms with Crippen LogP contribution in [0.2, 0.25) is 0 Å². The van der Waals surface area contributed by atoms with E-state index in [2.05, 4.69) is 27.0 Å². The predicted molar refractivity (Wildman–Crippen MR) is 99.9 cm³/mol. The largest absolute Gasteiger partial charge is 0.368 e. The molecule has 25 heavy (non-hydrogen) atoms. The normalized spacial score (nSPS) is 14.6. The fourth-order valence-corrected chi connectivity index (χ4v) is 3.77. The third-order valence-electron chi connectivity index (χ3n) is 4.34. The molecular formula is C19H18N4OS. The third-order valence-corrected chi connectivity index (χ3v) is 5.23. The van der Waals surface area contributed by atoms with E-state index < -0.39 is 0 Å². The summed E-state index contributed by atoms with van der Waals surface area (Å²) in [4.78, 5) is 25.5. The summed E-state index contributed by atoms with van der Waals surface area (Å²) in [6.45, 7) is 3.12. The second-order valence-corrected chi connectivity index (χ2v) is 6.75. The van der Waals surface area contributed by atoms with E-state index in [1.165, 1.54) is 17.0 Å². The maximum Gasteiger partial charge on any atom is 0.273 e. The van der Waals surface area contributed by atoms with E-state index in [9.17, 15) is 4.79 Å². The van der Waals surface area contributed by atoms with Crippen molar-refractivity contribution in [2.24, 2.45) is 0 Å². The summed E-state index contributed by atoms with van der Waals surface area (Å²) in [6, 6.07) is 14.1. The van der Waals surface area contributed by atoms with Crippen molar-refractivity contribution in [3.8, 4) is 10.6 Å². The van der Waals surface area contributed by atoms with Gasteiger partial charge in [0, 0.05) is 55.2 Å². The fraction of sp³-hybridized carbons (Fsp3) is 0.211. The number of carbonyl (C=O) groups is 1. The van der Waals surface area contributed by atoms with Crippen molar-refractivity contribution in [3.63, 3.8) is 0 Å². The highest BCUT2D eigenvalue weighted by atomic mass is 32.1. The minimum absolute atomic E-state index is 0.0178. The van der Waals surface area contributed by atoms with Gasteiger partial charge in [-0.25, -0.2) is 4.98 Å². The van der Waals surface area contributed by atoms with Gasteiger partial charge in [-0.1, -0.05) is 18.2 Å². The van der Waals surface area contributed by atoms with E-state index in [0.29, 0.717) is 5.69 Å². The van der Waals surface area contributed by atoms with Crippen LogP contribution >= 0.6 is 11.3 Å². The Labute approximate surface area is 150 Å². The van der Waals surface area contributed by atoms with Gasteiger partial charge in [-0.15, -0.1) is 11.3 Å². The number of pyridine rings is 1. The number of thiazole rings is 1. The Bertz CT molecular complexity index is 842. The number of aromatic nitrogens is 2. The molecule has 0 N–H and O–H groups in total.